The Morgan fingerprint density at radius 2 is 2.12 bits per heavy atom. The lowest BCUT2D eigenvalue weighted by molar-refractivity contribution is 0.0893. The maximum absolute atomic E-state index is 11.7. The largest absolute Gasteiger partial charge is 0.485 e. The van der Waals surface area contributed by atoms with Gasteiger partial charge in [0.05, 0.1) is 6.26 Å². The number of aryl methyl sites for hydroxylation is 2. The second-order valence-corrected chi connectivity index (χ2v) is 3.96. The zero-order chi connectivity index (χ0) is 12.3. The summed E-state index contributed by atoms with van der Waals surface area (Å²) in [4.78, 5) is 11.7. The number of benzene rings is 1. The summed E-state index contributed by atoms with van der Waals surface area (Å²) in [7, 11) is 0. The average Bonchev–Trinajstić information content (AvgIpc) is 2.83. The molecule has 0 saturated carbocycles. The first-order chi connectivity index (χ1) is 8.16. The molecule has 0 bridgehead atoms. The maximum Gasteiger partial charge on any atom is 0.235 e. The molecule has 0 saturated heterocycles. The third-order valence-electron chi connectivity index (χ3n) is 2.50. The van der Waals surface area contributed by atoms with E-state index in [1.54, 1.807) is 12.1 Å². The van der Waals surface area contributed by atoms with Crippen LogP contribution in [0.25, 0.3) is 0 Å². The van der Waals surface area contributed by atoms with E-state index in [0.717, 1.165) is 16.9 Å². The highest BCUT2D eigenvalue weighted by atomic mass is 16.5. The molecule has 0 fully saturated rings. The molecule has 0 spiro atoms. The standard InChI is InChI=1S/C14H14O3/c1-10-5-6-11(2)14(8-10)17-9-12(15)13-4-3-7-16-13/h3-8H,9H2,1-2H3. The minimum absolute atomic E-state index is 0.00218. The van der Waals surface area contributed by atoms with Crippen LogP contribution in [0.15, 0.2) is 41.0 Å². The molecule has 2 aromatic rings. The van der Waals surface area contributed by atoms with Crippen molar-refractivity contribution < 1.29 is 13.9 Å². The summed E-state index contributed by atoms with van der Waals surface area (Å²) in [5, 5.41) is 0. The molecular weight excluding hydrogens is 216 g/mol. The Morgan fingerprint density at radius 1 is 1.29 bits per heavy atom. The van der Waals surface area contributed by atoms with Crippen molar-refractivity contribution in [1.82, 2.24) is 0 Å². The fraction of sp³-hybridized carbons (Fsp3) is 0.214. The average molecular weight is 230 g/mol. The molecule has 0 aliphatic rings. The molecule has 1 heterocycles. The molecule has 0 unspecified atom stereocenters. The number of hydrogen-bond acceptors (Lipinski definition) is 3. The van der Waals surface area contributed by atoms with Crippen molar-refractivity contribution in [3.8, 4) is 5.75 Å². The molecule has 17 heavy (non-hydrogen) atoms. The Bertz CT molecular complexity index is 512. The lowest BCUT2D eigenvalue weighted by Gasteiger charge is -2.08. The van der Waals surface area contributed by atoms with Gasteiger partial charge >= 0.3 is 0 Å². The molecule has 0 aliphatic carbocycles. The van der Waals surface area contributed by atoms with Gasteiger partial charge in [-0.25, -0.2) is 0 Å². The van der Waals surface area contributed by atoms with E-state index in [1.807, 2.05) is 32.0 Å². The second kappa shape index (κ2) is 4.87. The number of Topliss-reactive ketones (excluding diaryl/α,β-unsaturated/α-hetero) is 1. The summed E-state index contributed by atoms with van der Waals surface area (Å²) in [6.45, 7) is 3.94. The molecule has 3 heteroatoms. The lowest BCUT2D eigenvalue weighted by Crippen LogP contribution is -2.11. The van der Waals surface area contributed by atoms with Gasteiger partial charge in [-0.15, -0.1) is 0 Å². The van der Waals surface area contributed by atoms with E-state index in [-0.39, 0.29) is 12.4 Å². The summed E-state index contributed by atoms with van der Waals surface area (Å²) < 4.78 is 10.5. The van der Waals surface area contributed by atoms with E-state index in [4.69, 9.17) is 9.15 Å². The maximum atomic E-state index is 11.7. The molecule has 0 aliphatic heterocycles. The van der Waals surface area contributed by atoms with Crippen molar-refractivity contribution in [2.24, 2.45) is 0 Å². The highest BCUT2D eigenvalue weighted by molar-refractivity contribution is 5.94. The zero-order valence-electron chi connectivity index (χ0n) is 9.90. The summed E-state index contributed by atoms with van der Waals surface area (Å²) >= 11 is 0. The van der Waals surface area contributed by atoms with Crippen LogP contribution in [0.4, 0.5) is 0 Å². The molecule has 0 atom stereocenters. The topological polar surface area (TPSA) is 39.4 Å². The van der Waals surface area contributed by atoms with Crippen LogP contribution in [0.2, 0.25) is 0 Å². The van der Waals surface area contributed by atoms with E-state index < -0.39 is 0 Å². The fourth-order valence-corrected chi connectivity index (χ4v) is 1.51. The van der Waals surface area contributed by atoms with Crippen LogP contribution in [0.5, 0.6) is 5.75 Å². The van der Waals surface area contributed by atoms with Crippen LogP contribution in [0.1, 0.15) is 21.7 Å². The Hall–Kier alpha value is -2.03. The number of carbonyl (C=O) groups is 1. The summed E-state index contributed by atoms with van der Waals surface area (Å²) in [6, 6.07) is 9.23. The first kappa shape index (κ1) is 11.5. The van der Waals surface area contributed by atoms with Crippen molar-refractivity contribution in [3.63, 3.8) is 0 Å². The van der Waals surface area contributed by atoms with Gasteiger partial charge in [0.2, 0.25) is 5.78 Å². The van der Waals surface area contributed by atoms with Gasteiger partial charge in [-0.3, -0.25) is 4.79 Å². The monoisotopic (exact) mass is 230 g/mol. The first-order valence-corrected chi connectivity index (χ1v) is 5.43. The quantitative estimate of drug-likeness (QED) is 0.757. The molecule has 1 aromatic heterocycles. The zero-order valence-corrected chi connectivity index (χ0v) is 9.90. The van der Waals surface area contributed by atoms with Crippen molar-refractivity contribution in [1.29, 1.82) is 0 Å². The van der Waals surface area contributed by atoms with Crippen molar-refractivity contribution in [3.05, 3.63) is 53.5 Å². The predicted molar refractivity (Wildman–Crippen MR) is 64.4 cm³/mol. The molecule has 0 radical (unpaired) electrons. The molecular formula is C14H14O3. The molecule has 0 N–H and O–H groups in total. The predicted octanol–water partition coefficient (Wildman–Crippen LogP) is 3.16. The van der Waals surface area contributed by atoms with Crippen LogP contribution in [0, 0.1) is 13.8 Å². The SMILES string of the molecule is Cc1ccc(C)c(OCC(=O)c2ccco2)c1. The molecule has 3 nitrogen and oxygen atoms in total. The third kappa shape index (κ3) is 2.75. The van der Waals surface area contributed by atoms with Gasteiger partial charge in [-0.05, 0) is 43.2 Å². The summed E-state index contributed by atoms with van der Waals surface area (Å²) in [5.41, 5.74) is 2.12. The van der Waals surface area contributed by atoms with Crippen LogP contribution in [0.3, 0.4) is 0 Å². The minimum atomic E-state index is -0.157. The number of ether oxygens (including phenoxy) is 1. The highest BCUT2D eigenvalue weighted by Crippen LogP contribution is 2.19. The van der Waals surface area contributed by atoms with Gasteiger partial charge < -0.3 is 9.15 Å². The molecule has 2 rings (SSSR count). The lowest BCUT2D eigenvalue weighted by atomic mass is 10.1. The Labute approximate surface area is 100 Å². The van der Waals surface area contributed by atoms with Gasteiger partial charge in [-0.1, -0.05) is 12.1 Å². The number of ketones is 1. The van der Waals surface area contributed by atoms with Crippen LogP contribution >= 0.6 is 0 Å². The van der Waals surface area contributed by atoms with Crippen LogP contribution < -0.4 is 4.74 Å². The normalized spacial score (nSPS) is 10.2. The van der Waals surface area contributed by atoms with Crippen molar-refractivity contribution in [2.75, 3.05) is 6.61 Å². The number of carbonyl (C=O) groups excluding carboxylic acids is 1. The summed E-state index contributed by atoms with van der Waals surface area (Å²) in [6.07, 6.45) is 1.48. The van der Waals surface area contributed by atoms with Crippen molar-refractivity contribution >= 4 is 5.78 Å². The van der Waals surface area contributed by atoms with Gasteiger partial charge in [0.15, 0.2) is 12.4 Å². The Kier molecular flexibility index (Phi) is 3.28. The van der Waals surface area contributed by atoms with Crippen molar-refractivity contribution in [2.45, 2.75) is 13.8 Å². The van der Waals surface area contributed by atoms with Crippen LogP contribution in [-0.4, -0.2) is 12.4 Å². The Morgan fingerprint density at radius 3 is 2.82 bits per heavy atom. The molecule has 0 amide bonds. The van der Waals surface area contributed by atoms with Gasteiger partial charge in [0.25, 0.3) is 0 Å². The summed E-state index contributed by atoms with van der Waals surface area (Å²) in [5.74, 6) is 0.913. The minimum Gasteiger partial charge on any atom is -0.485 e. The second-order valence-electron chi connectivity index (χ2n) is 3.96. The molecule has 1 aromatic carbocycles. The van der Waals surface area contributed by atoms with Crippen LogP contribution in [-0.2, 0) is 0 Å². The van der Waals surface area contributed by atoms with E-state index in [1.165, 1.54) is 6.26 Å². The Balaban J connectivity index is 2.03. The van der Waals surface area contributed by atoms with E-state index in [2.05, 4.69) is 0 Å². The van der Waals surface area contributed by atoms with Gasteiger partial charge in [0, 0.05) is 0 Å². The molecule has 88 valence electrons. The fourth-order valence-electron chi connectivity index (χ4n) is 1.51. The number of hydrogen-bond donors (Lipinski definition) is 0. The smallest absolute Gasteiger partial charge is 0.235 e. The van der Waals surface area contributed by atoms with E-state index >= 15 is 0 Å². The first-order valence-electron chi connectivity index (χ1n) is 5.43. The number of furan rings is 1. The number of rotatable bonds is 4. The van der Waals surface area contributed by atoms with E-state index in [0.29, 0.717) is 5.76 Å². The third-order valence-corrected chi connectivity index (χ3v) is 2.50. The van der Waals surface area contributed by atoms with E-state index in [9.17, 15) is 4.79 Å². The van der Waals surface area contributed by atoms with Gasteiger partial charge in [0.1, 0.15) is 5.75 Å². The highest BCUT2D eigenvalue weighted by Gasteiger charge is 2.10. The van der Waals surface area contributed by atoms with Gasteiger partial charge in [-0.2, -0.15) is 0 Å².